The fraction of sp³-hybridized carbons (Fsp3) is 0.812. The smallest absolute Gasteiger partial charge is 0.333 e. The molecule has 2 aliphatic heterocycles. The van der Waals surface area contributed by atoms with Crippen LogP contribution in [0.25, 0.3) is 0 Å². The molecule has 20 heavy (non-hydrogen) atoms. The van der Waals surface area contributed by atoms with E-state index in [2.05, 4.69) is 13.5 Å². The second kappa shape index (κ2) is 7.78. The summed E-state index contributed by atoms with van der Waals surface area (Å²) >= 11 is 0. The Kier molecular flexibility index (Phi) is 6.98. The zero-order chi connectivity index (χ0) is 13.9. The van der Waals surface area contributed by atoms with Crippen LogP contribution < -0.4 is 24.0 Å². The van der Waals surface area contributed by atoms with Gasteiger partial charge in [-0.1, -0.05) is 6.58 Å². The van der Waals surface area contributed by atoms with E-state index in [1.54, 1.807) is 6.92 Å². The highest BCUT2D eigenvalue weighted by Gasteiger charge is 2.45. The van der Waals surface area contributed by atoms with Crippen LogP contribution in [0.1, 0.15) is 46.0 Å². The summed E-state index contributed by atoms with van der Waals surface area (Å²) in [5, 5.41) is 0. The largest absolute Gasteiger partial charge is 1.00 e. The molecule has 1 unspecified atom stereocenters. The van der Waals surface area contributed by atoms with Crippen molar-refractivity contribution < 1.29 is 38.0 Å². The molecule has 116 valence electrons. The predicted molar refractivity (Wildman–Crippen MR) is 76.7 cm³/mol. The molecule has 0 radical (unpaired) electrons. The molecule has 0 aliphatic carbocycles. The van der Waals surface area contributed by atoms with Crippen LogP contribution in [0.3, 0.4) is 0 Å². The Morgan fingerprint density at radius 2 is 1.95 bits per heavy atom. The van der Waals surface area contributed by atoms with E-state index in [0.717, 1.165) is 0 Å². The quantitative estimate of drug-likeness (QED) is 0.289. The first-order valence-electron chi connectivity index (χ1n) is 7.77. The Morgan fingerprint density at radius 3 is 2.60 bits per heavy atom. The molecule has 4 heteroatoms. The first-order chi connectivity index (χ1) is 9.09. The van der Waals surface area contributed by atoms with Gasteiger partial charge in [0.2, 0.25) is 0 Å². The highest BCUT2D eigenvalue weighted by molar-refractivity contribution is 5.86. The molecule has 0 N–H and O–H groups in total. The van der Waals surface area contributed by atoms with Crippen LogP contribution in [0.2, 0.25) is 0 Å². The van der Waals surface area contributed by atoms with Gasteiger partial charge in [-0.15, -0.1) is 0 Å². The fourth-order valence-electron chi connectivity index (χ4n) is 4.09. The van der Waals surface area contributed by atoms with Gasteiger partial charge in [-0.3, -0.25) is 0 Å². The van der Waals surface area contributed by atoms with E-state index in [-0.39, 0.29) is 29.9 Å². The second-order valence-electron chi connectivity index (χ2n) is 6.33. The lowest BCUT2D eigenvalue weighted by molar-refractivity contribution is -0.962. The van der Waals surface area contributed by atoms with Gasteiger partial charge in [0.25, 0.3) is 0 Å². The number of carbonyl (C=O) groups is 1. The highest BCUT2D eigenvalue weighted by Crippen LogP contribution is 2.37. The summed E-state index contributed by atoms with van der Waals surface area (Å²) in [5.74, 6) is 0.327. The number of ether oxygens (including phenoxy) is 1. The number of rotatable bonds is 4. The van der Waals surface area contributed by atoms with Crippen molar-refractivity contribution in [3.8, 4) is 0 Å². The van der Waals surface area contributed by atoms with Crippen molar-refractivity contribution in [1.82, 2.24) is 0 Å². The lowest BCUT2D eigenvalue weighted by atomic mass is 9.81. The lowest BCUT2D eigenvalue weighted by Gasteiger charge is -2.53. The molecule has 2 heterocycles. The second-order valence-corrected chi connectivity index (χ2v) is 6.33. The Morgan fingerprint density at radius 1 is 1.25 bits per heavy atom. The monoisotopic (exact) mass is 393 g/mol. The number of carbonyl (C=O) groups excluding carboxylic acids is 1. The number of hydrogen-bond donors (Lipinski definition) is 0. The van der Waals surface area contributed by atoms with Gasteiger partial charge in [-0.25, -0.2) is 4.79 Å². The first kappa shape index (κ1) is 18.0. The standard InChI is InChI=1S/C16H28NO2.HI/c1-4-17-10-6-5-9-15(17)14(8-7-11-17)12-19-16(18)13(2)3;/h14-15H,2,4-12H2,1,3H3;1H/q+1;/p-1/t14-,15+,17?;/m0./s1. The van der Waals surface area contributed by atoms with Crippen LogP contribution in [-0.2, 0) is 9.53 Å². The van der Waals surface area contributed by atoms with Crippen molar-refractivity contribution in [3.63, 3.8) is 0 Å². The summed E-state index contributed by atoms with van der Waals surface area (Å²) in [6.07, 6.45) is 6.51. The van der Waals surface area contributed by atoms with Crippen molar-refractivity contribution in [2.24, 2.45) is 5.92 Å². The minimum atomic E-state index is -0.226. The molecule has 0 amide bonds. The Balaban J connectivity index is 0.00000200. The molecule has 3 nitrogen and oxygen atoms in total. The van der Waals surface area contributed by atoms with Crippen molar-refractivity contribution in [3.05, 3.63) is 12.2 Å². The fourth-order valence-corrected chi connectivity index (χ4v) is 4.09. The average Bonchev–Trinajstić information content (AvgIpc) is 2.44. The first-order valence-corrected chi connectivity index (χ1v) is 7.77. The number of esters is 1. The molecule has 2 rings (SSSR count). The number of halogens is 1. The zero-order valence-corrected chi connectivity index (χ0v) is 15.0. The highest BCUT2D eigenvalue weighted by atomic mass is 127. The Bertz CT molecular complexity index is 354. The van der Waals surface area contributed by atoms with Crippen molar-refractivity contribution >= 4 is 5.97 Å². The molecular formula is C16H28INO2. The topological polar surface area (TPSA) is 26.3 Å². The number of hydrogen-bond acceptors (Lipinski definition) is 2. The minimum absolute atomic E-state index is 0. The molecule has 0 bridgehead atoms. The predicted octanol–water partition coefficient (Wildman–Crippen LogP) is -0.0911. The van der Waals surface area contributed by atoms with E-state index in [9.17, 15) is 4.79 Å². The molecule has 2 aliphatic rings. The Labute approximate surface area is 140 Å². The van der Waals surface area contributed by atoms with Crippen LogP contribution in [0.5, 0.6) is 0 Å². The van der Waals surface area contributed by atoms with Crippen LogP contribution in [0.4, 0.5) is 0 Å². The average molecular weight is 393 g/mol. The minimum Gasteiger partial charge on any atom is -1.00 e. The van der Waals surface area contributed by atoms with E-state index in [4.69, 9.17) is 4.74 Å². The normalized spacial score (nSPS) is 32.7. The third-order valence-electron chi connectivity index (χ3n) is 5.19. The third-order valence-corrected chi connectivity index (χ3v) is 5.19. The molecule has 0 spiro atoms. The molecular weight excluding hydrogens is 365 g/mol. The number of quaternary nitrogens is 1. The molecule has 0 aromatic carbocycles. The molecule has 2 saturated heterocycles. The van der Waals surface area contributed by atoms with Crippen molar-refractivity contribution in [1.29, 1.82) is 0 Å². The van der Waals surface area contributed by atoms with Gasteiger partial charge >= 0.3 is 5.97 Å². The van der Waals surface area contributed by atoms with E-state index in [1.165, 1.54) is 56.2 Å². The van der Waals surface area contributed by atoms with E-state index in [0.29, 0.717) is 24.1 Å². The summed E-state index contributed by atoms with van der Waals surface area (Å²) < 4.78 is 6.71. The van der Waals surface area contributed by atoms with Gasteiger partial charge in [-0.05, 0) is 39.5 Å². The van der Waals surface area contributed by atoms with Gasteiger partial charge in [0.15, 0.2) is 0 Å². The summed E-state index contributed by atoms with van der Waals surface area (Å²) in [6.45, 7) is 12.2. The van der Waals surface area contributed by atoms with Gasteiger partial charge in [-0.2, -0.15) is 0 Å². The van der Waals surface area contributed by atoms with E-state index in [1.807, 2.05) is 0 Å². The SMILES string of the molecule is C=C(C)C(=O)OC[C@@H]1CCC[N+]2(CC)CCCC[C@H]12.[I-]. The maximum atomic E-state index is 11.6. The number of fused-ring (bicyclic) bond motifs is 1. The van der Waals surface area contributed by atoms with E-state index < -0.39 is 0 Å². The maximum absolute atomic E-state index is 11.6. The van der Waals surface area contributed by atoms with Crippen LogP contribution >= 0.6 is 0 Å². The van der Waals surface area contributed by atoms with Crippen molar-refractivity contribution in [2.75, 3.05) is 26.2 Å². The number of piperidine rings is 2. The summed E-state index contributed by atoms with van der Waals surface area (Å²) in [6, 6.07) is 0.713. The maximum Gasteiger partial charge on any atom is 0.333 e. The molecule has 0 aromatic heterocycles. The summed E-state index contributed by atoms with van der Waals surface area (Å²) in [4.78, 5) is 11.6. The van der Waals surface area contributed by atoms with Gasteiger partial charge in [0.05, 0.1) is 25.7 Å². The molecule has 0 aromatic rings. The van der Waals surface area contributed by atoms with Crippen LogP contribution in [0.15, 0.2) is 12.2 Å². The van der Waals surface area contributed by atoms with Crippen LogP contribution in [0, 0.1) is 5.92 Å². The summed E-state index contributed by atoms with van der Waals surface area (Å²) in [5.41, 5.74) is 0.510. The van der Waals surface area contributed by atoms with Gasteiger partial charge in [0, 0.05) is 17.9 Å². The molecule has 3 atom stereocenters. The Hall–Kier alpha value is -0.100. The molecule has 0 saturated carbocycles. The van der Waals surface area contributed by atoms with Crippen LogP contribution in [-0.4, -0.2) is 42.7 Å². The zero-order valence-electron chi connectivity index (χ0n) is 12.9. The lowest BCUT2D eigenvalue weighted by Crippen LogP contribution is -3.00. The van der Waals surface area contributed by atoms with Gasteiger partial charge < -0.3 is 33.2 Å². The molecule has 2 fully saturated rings. The summed E-state index contributed by atoms with van der Waals surface area (Å²) in [7, 11) is 0. The van der Waals surface area contributed by atoms with Crippen molar-refractivity contribution in [2.45, 2.75) is 52.0 Å². The third kappa shape index (κ3) is 3.75. The van der Waals surface area contributed by atoms with E-state index >= 15 is 0 Å². The van der Waals surface area contributed by atoms with Gasteiger partial charge in [0.1, 0.15) is 6.61 Å². The number of nitrogens with zero attached hydrogens (tertiary/aromatic N) is 1.